The first kappa shape index (κ1) is 12.9. The van der Waals surface area contributed by atoms with Crippen LogP contribution in [0.5, 0.6) is 0 Å². The van der Waals surface area contributed by atoms with Gasteiger partial charge in [-0.2, -0.15) is 0 Å². The van der Waals surface area contributed by atoms with E-state index in [0.717, 1.165) is 41.7 Å². The average Bonchev–Trinajstić information content (AvgIpc) is 2.57. The van der Waals surface area contributed by atoms with Crippen LogP contribution >= 0.6 is 28.3 Å². The van der Waals surface area contributed by atoms with E-state index < -0.39 is 0 Å². The molecule has 0 aliphatic carbocycles. The van der Waals surface area contributed by atoms with Crippen molar-refractivity contribution < 1.29 is 4.79 Å². The molecule has 0 saturated carbocycles. The predicted molar refractivity (Wildman–Crippen MR) is 73.8 cm³/mol. The quantitative estimate of drug-likeness (QED) is 0.772. The number of anilines is 1. The number of carbonyl (C=O) groups excluding carboxylic acids is 1. The summed E-state index contributed by atoms with van der Waals surface area (Å²) in [6.45, 7) is 1.83. The van der Waals surface area contributed by atoms with Gasteiger partial charge in [0.25, 0.3) is 0 Å². The summed E-state index contributed by atoms with van der Waals surface area (Å²) in [6.07, 6.45) is 1.78. The zero-order chi connectivity index (χ0) is 11.2. The third-order valence-electron chi connectivity index (χ3n) is 3.66. The van der Waals surface area contributed by atoms with Gasteiger partial charge >= 0.3 is 0 Å². The first-order valence-electron chi connectivity index (χ1n) is 5.55. The van der Waals surface area contributed by atoms with E-state index in [1.165, 1.54) is 0 Å². The Bertz CT molecular complexity index is 458. The molecule has 1 aromatic carbocycles. The maximum absolute atomic E-state index is 12.2. The molecule has 0 radical (unpaired) electrons. The number of benzene rings is 1. The topological polar surface area (TPSA) is 41.1 Å². The van der Waals surface area contributed by atoms with Crippen LogP contribution in [0.3, 0.4) is 0 Å². The molecule has 0 atom stereocenters. The Kier molecular flexibility index (Phi) is 3.48. The summed E-state index contributed by atoms with van der Waals surface area (Å²) in [5.41, 5.74) is 1.84. The Labute approximate surface area is 115 Å². The number of hydrogen-bond donors (Lipinski definition) is 2. The summed E-state index contributed by atoms with van der Waals surface area (Å²) < 4.78 is 0.980. The van der Waals surface area contributed by atoms with Gasteiger partial charge in [0.05, 0.1) is 11.1 Å². The molecule has 1 aromatic rings. The standard InChI is InChI=1S/C12H13BrN2O.ClH/c13-9-3-1-2-8-10(9)15-11(16)12(8)4-6-14-7-5-12;/h1-3,14H,4-7H2,(H,15,16);1H. The summed E-state index contributed by atoms with van der Waals surface area (Å²) in [7, 11) is 0. The highest BCUT2D eigenvalue weighted by atomic mass is 79.9. The largest absolute Gasteiger partial charge is 0.324 e. The molecule has 2 heterocycles. The monoisotopic (exact) mass is 316 g/mol. The predicted octanol–water partition coefficient (Wildman–Crippen LogP) is 2.44. The van der Waals surface area contributed by atoms with Crippen molar-refractivity contribution in [1.82, 2.24) is 5.32 Å². The van der Waals surface area contributed by atoms with E-state index in [-0.39, 0.29) is 23.7 Å². The summed E-state index contributed by atoms with van der Waals surface area (Å²) in [6, 6.07) is 6.05. The van der Waals surface area contributed by atoms with Crippen LogP contribution in [0.1, 0.15) is 18.4 Å². The second kappa shape index (κ2) is 4.59. The molecule has 3 rings (SSSR count). The molecule has 3 nitrogen and oxygen atoms in total. The summed E-state index contributed by atoms with van der Waals surface area (Å²) in [5, 5.41) is 6.32. The molecular formula is C12H14BrClN2O. The van der Waals surface area contributed by atoms with Crippen LogP contribution in [0.15, 0.2) is 22.7 Å². The fourth-order valence-corrected chi connectivity index (χ4v) is 3.22. The van der Waals surface area contributed by atoms with E-state index in [1.54, 1.807) is 0 Å². The molecule has 17 heavy (non-hydrogen) atoms. The number of para-hydroxylation sites is 1. The fourth-order valence-electron chi connectivity index (χ4n) is 2.76. The zero-order valence-corrected chi connectivity index (χ0v) is 11.7. The van der Waals surface area contributed by atoms with Gasteiger partial charge in [0, 0.05) is 4.47 Å². The minimum atomic E-state index is -0.287. The van der Waals surface area contributed by atoms with Gasteiger partial charge in [-0.25, -0.2) is 0 Å². The number of hydrogen-bond acceptors (Lipinski definition) is 2. The molecule has 5 heteroatoms. The van der Waals surface area contributed by atoms with Crippen LogP contribution in [0.4, 0.5) is 5.69 Å². The van der Waals surface area contributed by atoms with E-state index in [4.69, 9.17) is 0 Å². The number of nitrogens with one attached hydrogen (secondary N) is 2. The van der Waals surface area contributed by atoms with Crippen molar-refractivity contribution in [3.05, 3.63) is 28.2 Å². The molecule has 0 aromatic heterocycles. The smallest absolute Gasteiger partial charge is 0.235 e. The van der Waals surface area contributed by atoms with Crippen molar-refractivity contribution in [2.45, 2.75) is 18.3 Å². The first-order valence-corrected chi connectivity index (χ1v) is 6.34. The van der Waals surface area contributed by atoms with E-state index in [0.29, 0.717) is 0 Å². The molecule has 1 spiro atoms. The van der Waals surface area contributed by atoms with Crippen LogP contribution < -0.4 is 10.6 Å². The van der Waals surface area contributed by atoms with Crippen LogP contribution in [-0.2, 0) is 10.2 Å². The SMILES string of the molecule is Cl.O=C1Nc2c(Br)cccc2C12CCNCC2. The number of carbonyl (C=O) groups is 1. The number of fused-ring (bicyclic) bond motifs is 2. The minimum absolute atomic E-state index is 0. The highest BCUT2D eigenvalue weighted by Crippen LogP contribution is 2.46. The molecule has 2 aliphatic rings. The maximum atomic E-state index is 12.2. The van der Waals surface area contributed by atoms with Crippen LogP contribution in [0, 0.1) is 0 Å². The molecular weight excluding hydrogens is 304 g/mol. The van der Waals surface area contributed by atoms with E-state index in [1.807, 2.05) is 12.1 Å². The second-order valence-electron chi connectivity index (χ2n) is 4.45. The number of piperidine rings is 1. The van der Waals surface area contributed by atoms with Gasteiger partial charge in [0.15, 0.2) is 0 Å². The lowest BCUT2D eigenvalue weighted by molar-refractivity contribution is -0.121. The van der Waals surface area contributed by atoms with Gasteiger partial charge in [0.1, 0.15) is 0 Å². The van der Waals surface area contributed by atoms with Crippen molar-refractivity contribution in [3.63, 3.8) is 0 Å². The van der Waals surface area contributed by atoms with Gasteiger partial charge in [-0.3, -0.25) is 4.79 Å². The van der Waals surface area contributed by atoms with E-state index in [2.05, 4.69) is 32.6 Å². The highest BCUT2D eigenvalue weighted by Gasteiger charge is 2.47. The Balaban J connectivity index is 0.00000108. The van der Waals surface area contributed by atoms with Gasteiger partial charge in [-0.05, 0) is 53.5 Å². The van der Waals surface area contributed by atoms with Gasteiger partial charge in [0.2, 0.25) is 5.91 Å². The number of halogens is 2. The molecule has 0 unspecified atom stereocenters. The van der Waals surface area contributed by atoms with Gasteiger partial charge in [-0.1, -0.05) is 12.1 Å². The Morgan fingerprint density at radius 3 is 2.65 bits per heavy atom. The van der Waals surface area contributed by atoms with Crippen LogP contribution in [0.25, 0.3) is 0 Å². The van der Waals surface area contributed by atoms with E-state index in [9.17, 15) is 4.79 Å². The Hall–Kier alpha value is -0.580. The Morgan fingerprint density at radius 2 is 1.94 bits per heavy atom. The maximum Gasteiger partial charge on any atom is 0.235 e. The molecule has 2 aliphatic heterocycles. The lowest BCUT2D eigenvalue weighted by Gasteiger charge is -2.31. The zero-order valence-electron chi connectivity index (χ0n) is 9.25. The molecule has 0 bridgehead atoms. The Morgan fingerprint density at radius 1 is 1.24 bits per heavy atom. The fraction of sp³-hybridized carbons (Fsp3) is 0.417. The minimum Gasteiger partial charge on any atom is -0.324 e. The van der Waals surface area contributed by atoms with Crippen LogP contribution in [0.2, 0.25) is 0 Å². The summed E-state index contributed by atoms with van der Waals surface area (Å²) in [4.78, 5) is 12.2. The van der Waals surface area contributed by atoms with Gasteiger partial charge in [-0.15, -0.1) is 12.4 Å². The van der Waals surface area contributed by atoms with Gasteiger partial charge < -0.3 is 10.6 Å². The van der Waals surface area contributed by atoms with Crippen LogP contribution in [-0.4, -0.2) is 19.0 Å². The van der Waals surface area contributed by atoms with Crippen molar-refractivity contribution in [2.24, 2.45) is 0 Å². The van der Waals surface area contributed by atoms with E-state index >= 15 is 0 Å². The van der Waals surface area contributed by atoms with Crippen molar-refractivity contribution in [1.29, 1.82) is 0 Å². The second-order valence-corrected chi connectivity index (χ2v) is 5.30. The lowest BCUT2D eigenvalue weighted by atomic mass is 9.74. The molecule has 92 valence electrons. The molecule has 1 fully saturated rings. The lowest BCUT2D eigenvalue weighted by Crippen LogP contribution is -2.44. The van der Waals surface area contributed by atoms with Crippen molar-refractivity contribution >= 4 is 39.9 Å². The third-order valence-corrected chi connectivity index (χ3v) is 4.32. The summed E-state index contributed by atoms with van der Waals surface area (Å²) in [5.74, 6) is 0.163. The van der Waals surface area contributed by atoms with Crippen molar-refractivity contribution in [3.8, 4) is 0 Å². The average molecular weight is 318 g/mol. The highest BCUT2D eigenvalue weighted by molar-refractivity contribution is 9.10. The summed E-state index contributed by atoms with van der Waals surface area (Å²) >= 11 is 3.49. The third kappa shape index (κ3) is 1.79. The number of amides is 1. The number of rotatable bonds is 0. The molecule has 2 N–H and O–H groups in total. The first-order chi connectivity index (χ1) is 7.74. The molecule has 1 saturated heterocycles. The van der Waals surface area contributed by atoms with Crippen molar-refractivity contribution in [2.75, 3.05) is 18.4 Å². The normalized spacial score (nSPS) is 20.6. The molecule has 1 amide bonds.